The Kier molecular flexibility index (Phi) is 3.76. The van der Waals surface area contributed by atoms with Crippen LogP contribution in [-0.4, -0.2) is 19.9 Å². The average Bonchev–Trinajstić information content (AvgIpc) is 2.77. The smallest absolute Gasteiger partial charge is 0.129 e. The lowest BCUT2D eigenvalue weighted by Gasteiger charge is -2.09. The Morgan fingerprint density at radius 3 is 3.00 bits per heavy atom. The van der Waals surface area contributed by atoms with Gasteiger partial charge in [0.1, 0.15) is 5.15 Å². The van der Waals surface area contributed by atoms with Crippen molar-refractivity contribution in [3.05, 3.63) is 47.0 Å². The Hall–Kier alpha value is -1.39. The highest BCUT2D eigenvalue weighted by molar-refractivity contribution is 6.29. The van der Waals surface area contributed by atoms with Crippen molar-refractivity contribution < 1.29 is 5.11 Å². The van der Waals surface area contributed by atoms with Crippen LogP contribution in [0.25, 0.3) is 0 Å². The summed E-state index contributed by atoms with van der Waals surface area (Å²) in [6.45, 7) is 2.85. The molecule has 0 saturated carbocycles. The highest BCUT2D eigenvalue weighted by Gasteiger charge is 2.10. The number of aromatic nitrogens is 3. The quantitative estimate of drug-likeness (QED) is 0.848. The van der Waals surface area contributed by atoms with Gasteiger partial charge in [-0.05, 0) is 30.2 Å². The third-order valence-corrected chi connectivity index (χ3v) is 2.78. The first kappa shape index (κ1) is 12.1. The zero-order valence-electron chi connectivity index (χ0n) is 9.55. The molecule has 1 atom stereocenters. The number of pyridine rings is 1. The second kappa shape index (κ2) is 5.29. The van der Waals surface area contributed by atoms with Gasteiger partial charge in [-0.3, -0.25) is 4.68 Å². The summed E-state index contributed by atoms with van der Waals surface area (Å²) in [7, 11) is 0. The van der Waals surface area contributed by atoms with Crippen molar-refractivity contribution in [3.63, 3.8) is 0 Å². The Morgan fingerprint density at radius 1 is 1.53 bits per heavy atom. The number of hydrogen-bond acceptors (Lipinski definition) is 3. The molecule has 2 heterocycles. The van der Waals surface area contributed by atoms with Crippen LogP contribution in [0.1, 0.15) is 24.2 Å². The number of aliphatic hydroxyl groups excluding tert-OH is 1. The van der Waals surface area contributed by atoms with E-state index in [1.165, 1.54) is 0 Å². The second-order valence-corrected chi connectivity index (χ2v) is 4.22. The third-order valence-electron chi connectivity index (χ3n) is 2.58. The highest BCUT2D eigenvalue weighted by Crippen LogP contribution is 2.19. The predicted molar refractivity (Wildman–Crippen MR) is 65.8 cm³/mol. The number of halogens is 1. The number of hydrogen-bond donors (Lipinski definition) is 1. The van der Waals surface area contributed by atoms with Crippen molar-refractivity contribution in [3.8, 4) is 0 Å². The number of aryl methyl sites for hydroxylation is 1. The molecule has 0 aromatic carbocycles. The first-order chi connectivity index (χ1) is 8.19. The summed E-state index contributed by atoms with van der Waals surface area (Å²) in [5.41, 5.74) is 1.78. The number of nitrogens with zero attached hydrogens (tertiary/aromatic N) is 3. The standard InChI is InChI=1S/C12H14ClN3O/c1-2-16-8-9(7-15-16)5-11(17)10-3-4-14-12(13)6-10/h3-4,6-8,11,17H,2,5H2,1H3. The average molecular weight is 252 g/mol. The minimum atomic E-state index is -0.579. The minimum Gasteiger partial charge on any atom is -0.388 e. The fourth-order valence-corrected chi connectivity index (χ4v) is 1.83. The summed E-state index contributed by atoms with van der Waals surface area (Å²) < 4.78 is 1.83. The molecule has 4 nitrogen and oxygen atoms in total. The Labute approximate surface area is 105 Å². The van der Waals surface area contributed by atoms with E-state index in [0.29, 0.717) is 11.6 Å². The monoisotopic (exact) mass is 251 g/mol. The van der Waals surface area contributed by atoms with Crippen molar-refractivity contribution in [2.75, 3.05) is 0 Å². The maximum Gasteiger partial charge on any atom is 0.129 e. The van der Waals surface area contributed by atoms with Gasteiger partial charge >= 0.3 is 0 Å². The van der Waals surface area contributed by atoms with Crippen molar-refractivity contribution in [2.45, 2.75) is 26.0 Å². The van der Waals surface area contributed by atoms with Crippen LogP contribution in [0.5, 0.6) is 0 Å². The van der Waals surface area contributed by atoms with E-state index >= 15 is 0 Å². The molecule has 0 amide bonds. The van der Waals surface area contributed by atoms with Crippen LogP contribution in [0.2, 0.25) is 5.15 Å². The normalized spacial score (nSPS) is 12.6. The van der Waals surface area contributed by atoms with Crippen molar-refractivity contribution in [1.82, 2.24) is 14.8 Å². The van der Waals surface area contributed by atoms with E-state index in [9.17, 15) is 5.11 Å². The molecular formula is C12H14ClN3O. The molecule has 1 N–H and O–H groups in total. The largest absolute Gasteiger partial charge is 0.388 e. The summed E-state index contributed by atoms with van der Waals surface area (Å²) in [4.78, 5) is 3.88. The van der Waals surface area contributed by atoms with Crippen molar-refractivity contribution >= 4 is 11.6 Å². The lowest BCUT2D eigenvalue weighted by atomic mass is 10.1. The van der Waals surface area contributed by atoms with Crippen LogP contribution in [0.4, 0.5) is 0 Å². The zero-order chi connectivity index (χ0) is 12.3. The van der Waals surface area contributed by atoms with Crippen LogP contribution in [-0.2, 0) is 13.0 Å². The van der Waals surface area contributed by atoms with Gasteiger partial charge < -0.3 is 5.11 Å². The van der Waals surface area contributed by atoms with Gasteiger partial charge in [-0.25, -0.2) is 4.98 Å². The van der Waals surface area contributed by atoms with Crippen molar-refractivity contribution in [2.24, 2.45) is 0 Å². The first-order valence-electron chi connectivity index (χ1n) is 5.50. The minimum absolute atomic E-state index is 0.394. The number of rotatable bonds is 4. The topological polar surface area (TPSA) is 50.9 Å². The van der Waals surface area contributed by atoms with Crippen LogP contribution in [0.3, 0.4) is 0 Å². The van der Waals surface area contributed by atoms with E-state index in [0.717, 1.165) is 17.7 Å². The van der Waals surface area contributed by atoms with E-state index in [1.54, 1.807) is 24.5 Å². The fourth-order valence-electron chi connectivity index (χ4n) is 1.65. The third kappa shape index (κ3) is 3.05. The Bertz CT molecular complexity index is 498. The maximum atomic E-state index is 10.1. The van der Waals surface area contributed by atoms with Crippen LogP contribution >= 0.6 is 11.6 Å². The van der Waals surface area contributed by atoms with E-state index in [-0.39, 0.29) is 0 Å². The van der Waals surface area contributed by atoms with E-state index in [1.807, 2.05) is 17.8 Å². The lowest BCUT2D eigenvalue weighted by molar-refractivity contribution is 0.178. The first-order valence-corrected chi connectivity index (χ1v) is 5.87. The highest BCUT2D eigenvalue weighted by atomic mass is 35.5. The van der Waals surface area contributed by atoms with Gasteiger partial charge in [0, 0.05) is 25.4 Å². The fraction of sp³-hybridized carbons (Fsp3) is 0.333. The van der Waals surface area contributed by atoms with E-state index in [2.05, 4.69) is 10.1 Å². The molecule has 0 radical (unpaired) electrons. The molecular weight excluding hydrogens is 238 g/mol. The molecule has 2 rings (SSSR count). The number of aliphatic hydroxyl groups is 1. The van der Waals surface area contributed by atoms with Gasteiger partial charge in [0.2, 0.25) is 0 Å². The summed E-state index contributed by atoms with van der Waals surface area (Å²) in [5.74, 6) is 0. The zero-order valence-corrected chi connectivity index (χ0v) is 10.3. The predicted octanol–water partition coefficient (Wildman–Crippen LogP) is 2.23. The van der Waals surface area contributed by atoms with Gasteiger partial charge in [0.05, 0.1) is 12.3 Å². The van der Waals surface area contributed by atoms with E-state index < -0.39 is 6.10 Å². The molecule has 17 heavy (non-hydrogen) atoms. The molecule has 0 aliphatic heterocycles. The van der Waals surface area contributed by atoms with Gasteiger partial charge in [-0.15, -0.1) is 0 Å². The maximum absolute atomic E-state index is 10.1. The molecule has 0 spiro atoms. The summed E-state index contributed by atoms with van der Waals surface area (Å²) in [5, 5.41) is 14.6. The molecule has 90 valence electrons. The molecule has 5 heteroatoms. The molecule has 0 aliphatic rings. The van der Waals surface area contributed by atoms with Crippen LogP contribution < -0.4 is 0 Å². The van der Waals surface area contributed by atoms with E-state index in [4.69, 9.17) is 11.6 Å². The van der Waals surface area contributed by atoms with Gasteiger partial charge in [0.25, 0.3) is 0 Å². The van der Waals surface area contributed by atoms with Gasteiger partial charge in [0.15, 0.2) is 0 Å². The molecule has 2 aromatic rings. The molecule has 0 bridgehead atoms. The lowest BCUT2D eigenvalue weighted by Crippen LogP contribution is -2.01. The summed E-state index contributed by atoms with van der Waals surface area (Å²) in [6, 6.07) is 3.44. The Morgan fingerprint density at radius 2 is 2.35 bits per heavy atom. The molecule has 0 saturated heterocycles. The van der Waals surface area contributed by atoms with Gasteiger partial charge in [-0.2, -0.15) is 5.10 Å². The molecule has 0 aliphatic carbocycles. The molecule has 2 aromatic heterocycles. The van der Waals surface area contributed by atoms with Gasteiger partial charge in [-0.1, -0.05) is 11.6 Å². The summed E-state index contributed by atoms with van der Waals surface area (Å²) in [6.07, 6.45) is 5.25. The molecule has 1 unspecified atom stereocenters. The van der Waals surface area contributed by atoms with Crippen molar-refractivity contribution in [1.29, 1.82) is 0 Å². The van der Waals surface area contributed by atoms with Crippen LogP contribution in [0.15, 0.2) is 30.7 Å². The van der Waals surface area contributed by atoms with Crippen LogP contribution in [0, 0.1) is 0 Å². The second-order valence-electron chi connectivity index (χ2n) is 3.84. The molecule has 0 fully saturated rings. The Balaban J connectivity index is 2.08. The summed E-state index contributed by atoms with van der Waals surface area (Å²) >= 11 is 5.78. The SMILES string of the molecule is CCn1cc(CC(O)c2ccnc(Cl)c2)cn1.